The third-order valence-corrected chi connectivity index (χ3v) is 1.80. The molecule has 13 heavy (non-hydrogen) atoms. The van der Waals surface area contributed by atoms with Crippen molar-refractivity contribution < 1.29 is 9.90 Å². The second-order valence-electron chi connectivity index (χ2n) is 2.86. The lowest BCUT2D eigenvalue weighted by molar-refractivity contribution is 0.0981. The van der Waals surface area contributed by atoms with Gasteiger partial charge in [-0.2, -0.15) is 0 Å². The molecule has 0 heterocycles. The number of phenolic OH excluding ortho intramolecular Hbond substituents is 1. The summed E-state index contributed by atoms with van der Waals surface area (Å²) in [5.41, 5.74) is 5.92. The van der Waals surface area contributed by atoms with Crippen molar-refractivity contribution in [3.8, 4) is 5.75 Å². The van der Waals surface area contributed by atoms with Gasteiger partial charge >= 0.3 is 0 Å². The summed E-state index contributed by atoms with van der Waals surface area (Å²) in [6.45, 7) is 0.532. The average molecular weight is 179 g/mol. The number of carbonyl (C=O) groups is 1. The normalized spacial score (nSPS) is 9.92. The van der Waals surface area contributed by atoms with Crippen LogP contribution in [0.2, 0.25) is 0 Å². The topological polar surface area (TPSA) is 63.3 Å². The summed E-state index contributed by atoms with van der Waals surface area (Å²) in [6.07, 6.45) is 1.18. The SMILES string of the molecule is NCCCC(=O)c1ccc(O)cc1. The van der Waals surface area contributed by atoms with Crippen LogP contribution < -0.4 is 5.73 Å². The van der Waals surface area contributed by atoms with Crippen molar-refractivity contribution in [2.75, 3.05) is 6.54 Å². The van der Waals surface area contributed by atoms with Crippen molar-refractivity contribution in [2.45, 2.75) is 12.8 Å². The maximum Gasteiger partial charge on any atom is 0.162 e. The summed E-state index contributed by atoms with van der Waals surface area (Å²) in [4.78, 5) is 11.4. The van der Waals surface area contributed by atoms with Gasteiger partial charge in [-0.1, -0.05) is 0 Å². The first kappa shape index (κ1) is 9.74. The lowest BCUT2D eigenvalue weighted by Gasteiger charge is -1.99. The molecule has 3 N–H and O–H groups in total. The molecule has 0 amide bonds. The van der Waals surface area contributed by atoms with Gasteiger partial charge in [-0.25, -0.2) is 0 Å². The fourth-order valence-electron chi connectivity index (χ4n) is 1.05. The van der Waals surface area contributed by atoms with Gasteiger partial charge in [0.2, 0.25) is 0 Å². The molecular formula is C10H13NO2. The van der Waals surface area contributed by atoms with E-state index >= 15 is 0 Å². The highest BCUT2D eigenvalue weighted by molar-refractivity contribution is 5.96. The maximum atomic E-state index is 11.4. The molecule has 0 aliphatic heterocycles. The third-order valence-electron chi connectivity index (χ3n) is 1.80. The van der Waals surface area contributed by atoms with Crippen LogP contribution in [0.15, 0.2) is 24.3 Å². The summed E-state index contributed by atoms with van der Waals surface area (Å²) < 4.78 is 0. The fraction of sp³-hybridized carbons (Fsp3) is 0.300. The molecule has 0 bridgehead atoms. The van der Waals surface area contributed by atoms with Gasteiger partial charge in [-0.05, 0) is 37.2 Å². The van der Waals surface area contributed by atoms with E-state index in [-0.39, 0.29) is 11.5 Å². The first-order chi connectivity index (χ1) is 6.24. The molecule has 0 aliphatic carbocycles. The molecule has 0 atom stereocenters. The smallest absolute Gasteiger partial charge is 0.162 e. The number of phenols is 1. The summed E-state index contributed by atoms with van der Waals surface area (Å²) in [6, 6.07) is 6.26. The molecule has 1 aromatic rings. The Balaban J connectivity index is 2.61. The number of rotatable bonds is 4. The number of Topliss-reactive ketones (excluding diaryl/α,β-unsaturated/α-hetero) is 1. The Morgan fingerprint density at radius 3 is 2.46 bits per heavy atom. The number of hydrogen-bond acceptors (Lipinski definition) is 3. The van der Waals surface area contributed by atoms with Gasteiger partial charge in [0.25, 0.3) is 0 Å². The van der Waals surface area contributed by atoms with E-state index in [1.807, 2.05) is 0 Å². The zero-order valence-electron chi connectivity index (χ0n) is 7.36. The molecule has 70 valence electrons. The summed E-state index contributed by atoms with van der Waals surface area (Å²) in [7, 11) is 0. The van der Waals surface area contributed by atoms with Crippen molar-refractivity contribution in [1.29, 1.82) is 0 Å². The highest BCUT2D eigenvalue weighted by atomic mass is 16.3. The van der Waals surface area contributed by atoms with Crippen LogP contribution in [0.3, 0.4) is 0 Å². The molecule has 0 fully saturated rings. The Kier molecular flexibility index (Phi) is 3.46. The Hall–Kier alpha value is -1.35. The van der Waals surface area contributed by atoms with Crippen molar-refractivity contribution in [2.24, 2.45) is 5.73 Å². The number of hydrogen-bond donors (Lipinski definition) is 2. The minimum atomic E-state index is 0.0745. The highest BCUT2D eigenvalue weighted by Gasteiger charge is 2.03. The van der Waals surface area contributed by atoms with Crippen LogP contribution in [-0.2, 0) is 0 Å². The van der Waals surface area contributed by atoms with Gasteiger partial charge in [0.05, 0.1) is 0 Å². The van der Waals surface area contributed by atoms with Crippen molar-refractivity contribution in [1.82, 2.24) is 0 Å². The van der Waals surface area contributed by atoms with E-state index in [1.165, 1.54) is 12.1 Å². The van der Waals surface area contributed by atoms with Crippen LogP contribution in [0.25, 0.3) is 0 Å². The molecule has 0 saturated carbocycles. The van der Waals surface area contributed by atoms with Crippen LogP contribution in [-0.4, -0.2) is 17.4 Å². The van der Waals surface area contributed by atoms with Crippen molar-refractivity contribution in [3.63, 3.8) is 0 Å². The van der Waals surface area contributed by atoms with Gasteiger partial charge in [-0.3, -0.25) is 4.79 Å². The second-order valence-corrected chi connectivity index (χ2v) is 2.86. The Morgan fingerprint density at radius 2 is 1.92 bits per heavy atom. The van der Waals surface area contributed by atoms with Crippen LogP contribution in [0.1, 0.15) is 23.2 Å². The lowest BCUT2D eigenvalue weighted by atomic mass is 10.1. The highest BCUT2D eigenvalue weighted by Crippen LogP contribution is 2.11. The monoisotopic (exact) mass is 179 g/mol. The average Bonchev–Trinajstić information content (AvgIpc) is 2.15. The molecule has 0 aromatic heterocycles. The van der Waals surface area contributed by atoms with E-state index in [1.54, 1.807) is 12.1 Å². The van der Waals surface area contributed by atoms with Crippen LogP contribution >= 0.6 is 0 Å². The van der Waals surface area contributed by atoms with Crippen LogP contribution in [0, 0.1) is 0 Å². The zero-order valence-corrected chi connectivity index (χ0v) is 7.36. The van der Waals surface area contributed by atoms with Gasteiger partial charge in [0.1, 0.15) is 5.75 Å². The molecule has 0 spiro atoms. The third kappa shape index (κ3) is 2.87. The van der Waals surface area contributed by atoms with E-state index < -0.39 is 0 Å². The number of aromatic hydroxyl groups is 1. The molecule has 3 nitrogen and oxygen atoms in total. The molecule has 1 aromatic carbocycles. The molecule has 0 saturated heterocycles. The summed E-state index contributed by atoms with van der Waals surface area (Å²) >= 11 is 0. The lowest BCUT2D eigenvalue weighted by Crippen LogP contribution is -2.04. The zero-order chi connectivity index (χ0) is 9.68. The number of carbonyl (C=O) groups excluding carboxylic acids is 1. The molecule has 0 unspecified atom stereocenters. The largest absolute Gasteiger partial charge is 0.508 e. The van der Waals surface area contributed by atoms with Gasteiger partial charge in [0, 0.05) is 12.0 Å². The fourth-order valence-corrected chi connectivity index (χ4v) is 1.05. The van der Waals surface area contributed by atoms with Crippen molar-refractivity contribution in [3.05, 3.63) is 29.8 Å². The number of nitrogens with two attached hydrogens (primary N) is 1. The number of benzene rings is 1. The van der Waals surface area contributed by atoms with Crippen LogP contribution in [0.4, 0.5) is 0 Å². The van der Waals surface area contributed by atoms with Gasteiger partial charge in [0.15, 0.2) is 5.78 Å². The maximum absolute atomic E-state index is 11.4. The standard InChI is InChI=1S/C10H13NO2/c11-7-1-2-10(13)8-3-5-9(12)6-4-8/h3-6,12H,1-2,7,11H2. The van der Waals surface area contributed by atoms with E-state index in [0.29, 0.717) is 24.9 Å². The summed E-state index contributed by atoms with van der Waals surface area (Å²) in [5.74, 6) is 0.251. The Bertz CT molecular complexity index is 279. The van der Waals surface area contributed by atoms with Gasteiger partial charge < -0.3 is 10.8 Å². The number of ketones is 1. The first-order valence-corrected chi connectivity index (χ1v) is 4.26. The Morgan fingerprint density at radius 1 is 1.31 bits per heavy atom. The van der Waals surface area contributed by atoms with Crippen LogP contribution in [0.5, 0.6) is 5.75 Å². The van der Waals surface area contributed by atoms with E-state index in [9.17, 15) is 4.79 Å². The minimum Gasteiger partial charge on any atom is -0.508 e. The predicted octanol–water partition coefficient (Wildman–Crippen LogP) is 1.31. The van der Waals surface area contributed by atoms with Crippen molar-refractivity contribution >= 4 is 5.78 Å². The summed E-state index contributed by atoms with van der Waals surface area (Å²) in [5, 5.41) is 8.98. The van der Waals surface area contributed by atoms with E-state index in [0.717, 1.165) is 0 Å². The molecular weight excluding hydrogens is 166 g/mol. The van der Waals surface area contributed by atoms with Gasteiger partial charge in [-0.15, -0.1) is 0 Å². The minimum absolute atomic E-state index is 0.0745. The predicted molar refractivity (Wildman–Crippen MR) is 50.7 cm³/mol. The Labute approximate surface area is 77.2 Å². The van der Waals surface area contributed by atoms with E-state index in [4.69, 9.17) is 10.8 Å². The first-order valence-electron chi connectivity index (χ1n) is 4.26. The molecule has 3 heteroatoms. The molecule has 0 aliphatic rings. The quantitative estimate of drug-likeness (QED) is 0.685. The molecule has 1 rings (SSSR count). The molecule has 0 radical (unpaired) electrons. The second kappa shape index (κ2) is 4.62. The van der Waals surface area contributed by atoms with E-state index in [2.05, 4.69) is 0 Å².